The number of benzene rings is 1. The summed E-state index contributed by atoms with van der Waals surface area (Å²) in [5, 5.41) is 5.37. The van der Waals surface area contributed by atoms with Crippen LogP contribution in [0.4, 0.5) is 0 Å². The number of hydrogen-bond acceptors (Lipinski definition) is 5. The quantitative estimate of drug-likeness (QED) is 0.819. The fourth-order valence-electron chi connectivity index (χ4n) is 3.35. The highest BCUT2D eigenvalue weighted by atomic mass is 35.5. The normalized spacial score (nSPS) is 20.1. The Bertz CT molecular complexity index is 929. The Labute approximate surface area is 174 Å². The first-order valence-electron chi connectivity index (χ1n) is 8.83. The summed E-state index contributed by atoms with van der Waals surface area (Å²) in [5.74, 6) is -0.112. The Hall–Kier alpha value is -2.29. The molecule has 4 rings (SSSR count). The number of amides is 1. The molecule has 1 saturated heterocycles. The van der Waals surface area contributed by atoms with Gasteiger partial charge in [0, 0.05) is 20.6 Å². The number of amidine groups is 1. The molecule has 1 fully saturated rings. The van der Waals surface area contributed by atoms with Gasteiger partial charge in [-0.3, -0.25) is 4.79 Å². The first kappa shape index (κ1) is 20.4. The van der Waals surface area contributed by atoms with Crippen LogP contribution in [0, 0.1) is 0 Å². The van der Waals surface area contributed by atoms with Gasteiger partial charge in [-0.05, 0) is 18.6 Å². The molecule has 0 bridgehead atoms. The van der Waals surface area contributed by atoms with E-state index in [1.165, 1.54) is 0 Å². The van der Waals surface area contributed by atoms with Gasteiger partial charge < -0.3 is 19.6 Å². The van der Waals surface area contributed by atoms with Crippen LogP contribution in [0.1, 0.15) is 41.3 Å². The number of hydroxylamine groups is 2. The second kappa shape index (κ2) is 7.98. The molecule has 1 aromatic carbocycles. The molecule has 3 heterocycles. The zero-order valence-corrected chi connectivity index (χ0v) is 17.4. The molecule has 1 N–H and O–H groups in total. The molecular formula is C18H22Cl2N6O2. The van der Waals surface area contributed by atoms with Crippen molar-refractivity contribution < 1.29 is 9.63 Å². The van der Waals surface area contributed by atoms with Crippen LogP contribution < -0.4 is 5.32 Å². The Morgan fingerprint density at radius 1 is 1.39 bits per heavy atom. The molecule has 0 saturated carbocycles. The highest BCUT2D eigenvalue weighted by molar-refractivity contribution is 6.34. The van der Waals surface area contributed by atoms with Gasteiger partial charge in [-0.2, -0.15) is 0 Å². The summed E-state index contributed by atoms with van der Waals surface area (Å²) in [6.07, 6.45) is 2.37. The summed E-state index contributed by atoms with van der Waals surface area (Å²) in [5.41, 5.74) is 2.90. The van der Waals surface area contributed by atoms with Crippen LogP contribution in [0.25, 0.3) is 5.69 Å². The van der Waals surface area contributed by atoms with E-state index in [0.29, 0.717) is 29.7 Å². The maximum atomic E-state index is 12.8. The maximum absolute atomic E-state index is 12.8. The van der Waals surface area contributed by atoms with Crippen LogP contribution in [-0.4, -0.2) is 52.1 Å². The van der Waals surface area contributed by atoms with Crippen molar-refractivity contribution in [3.63, 3.8) is 0 Å². The van der Waals surface area contributed by atoms with Crippen LogP contribution in [0.2, 0.25) is 5.02 Å². The molecular weight excluding hydrogens is 403 g/mol. The molecule has 28 heavy (non-hydrogen) atoms. The Morgan fingerprint density at radius 3 is 2.93 bits per heavy atom. The number of imidazole rings is 1. The Balaban J connectivity index is 0.00000225. The van der Waals surface area contributed by atoms with Gasteiger partial charge in [0.05, 0.1) is 34.8 Å². The van der Waals surface area contributed by atoms with E-state index in [-0.39, 0.29) is 24.5 Å². The standard InChI is InChI=1S/C18H21ClN6O2.ClH/c1-4-8-20-18-22-16(24(3)27-18)15-13-9-23(2)17(26)14-11(19)6-5-7-12(14)25(13)10-21-15;/h5-7,10,16H,4,8-9H2,1-3H3,(H,20,22);1H. The van der Waals surface area contributed by atoms with E-state index in [4.69, 9.17) is 16.4 Å². The minimum atomic E-state index is -0.291. The lowest BCUT2D eigenvalue weighted by molar-refractivity contribution is -0.0532. The van der Waals surface area contributed by atoms with Crippen LogP contribution in [0.15, 0.2) is 29.5 Å². The van der Waals surface area contributed by atoms with Crippen molar-refractivity contribution in [2.75, 3.05) is 20.6 Å². The third kappa shape index (κ3) is 3.32. The zero-order chi connectivity index (χ0) is 19.1. The van der Waals surface area contributed by atoms with Gasteiger partial charge >= 0.3 is 6.02 Å². The molecule has 2 aromatic rings. The lowest BCUT2D eigenvalue weighted by Gasteiger charge is -2.18. The third-order valence-corrected chi connectivity index (χ3v) is 5.00. The van der Waals surface area contributed by atoms with Crippen molar-refractivity contribution in [1.29, 1.82) is 0 Å². The average molecular weight is 425 g/mol. The van der Waals surface area contributed by atoms with Gasteiger partial charge in [-0.25, -0.2) is 9.98 Å². The van der Waals surface area contributed by atoms with Gasteiger partial charge in [0.2, 0.25) is 0 Å². The van der Waals surface area contributed by atoms with E-state index in [0.717, 1.165) is 23.5 Å². The number of hydrogen-bond donors (Lipinski definition) is 1. The number of aliphatic imine (C=N–C) groups is 1. The number of carbonyl (C=O) groups is 1. The van der Waals surface area contributed by atoms with Gasteiger partial charge in [0.1, 0.15) is 5.69 Å². The zero-order valence-electron chi connectivity index (χ0n) is 15.8. The highest BCUT2D eigenvalue weighted by Gasteiger charge is 2.36. The van der Waals surface area contributed by atoms with E-state index < -0.39 is 0 Å². The Morgan fingerprint density at radius 2 is 2.18 bits per heavy atom. The van der Waals surface area contributed by atoms with Gasteiger partial charge in [-0.1, -0.05) is 24.6 Å². The topological polar surface area (TPSA) is 75.0 Å². The largest absolute Gasteiger partial charge is 0.366 e. The van der Waals surface area contributed by atoms with E-state index in [9.17, 15) is 4.79 Å². The number of aromatic nitrogens is 2. The van der Waals surface area contributed by atoms with Crippen molar-refractivity contribution in [3.8, 4) is 5.69 Å². The van der Waals surface area contributed by atoms with Crippen molar-refractivity contribution in [2.45, 2.75) is 26.1 Å². The fourth-order valence-corrected chi connectivity index (χ4v) is 3.60. The van der Waals surface area contributed by atoms with E-state index >= 15 is 0 Å². The molecule has 1 atom stereocenters. The van der Waals surface area contributed by atoms with Crippen LogP contribution >= 0.6 is 24.0 Å². The number of nitrogens with one attached hydrogen (secondary N) is 1. The van der Waals surface area contributed by atoms with E-state index in [1.807, 2.05) is 23.7 Å². The molecule has 2 aliphatic rings. The average Bonchev–Trinajstić information content (AvgIpc) is 3.19. The van der Waals surface area contributed by atoms with E-state index in [1.54, 1.807) is 29.4 Å². The molecule has 8 nitrogen and oxygen atoms in total. The number of nitrogens with zero attached hydrogens (tertiary/aromatic N) is 5. The molecule has 10 heteroatoms. The van der Waals surface area contributed by atoms with Crippen molar-refractivity contribution in [1.82, 2.24) is 24.8 Å². The predicted octanol–water partition coefficient (Wildman–Crippen LogP) is 2.76. The number of fused-ring (bicyclic) bond motifs is 3. The molecule has 1 unspecified atom stereocenters. The van der Waals surface area contributed by atoms with Gasteiger partial charge in [-0.15, -0.1) is 17.5 Å². The summed E-state index contributed by atoms with van der Waals surface area (Å²) in [4.78, 5) is 29.2. The smallest absolute Gasteiger partial charge is 0.306 e. The van der Waals surface area contributed by atoms with Crippen LogP contribution in [-0.2, 0) is 11.4 Å². The van der Waals surface area contributed by atoms with Crippen LogP contribution in [0.3, 0.4) is 0 Å². The van der Waals surface area contributed by atoms with Gasteiger partial charge in [0.25, 0.3) is 5.91 Å². The van der Waals surface area contributed by atoms with Crippen molar-refractivity contribution in [2.24, 2.45) is 4.99 Å². The fraction of sp³-hybridized carbons (Fsp3) is 0.389. The third-order valence-electron chi connectivity index (χ3n) is 4.69. The minimum Gasteiger partial charge on any atom is -0.366 e. The first-order valence-corrected chi connectivity index (χ1v) is 9.21. The molecule has 150 valence electrons. The van der Waals surface area contributed by atoms with Gasteiger partial charge in [0.15, 0.2) is 6.17 Å². The number of halogens is 2. The summed E-state index contributed by atoms with van der Waals surface area (Å²) in [7, 11) is 3.59. The number of rotatable bonds is 3. The first-order chi connectivity index (χ1) is 13.0. The summed E-state index contributed by atoms with van der Waals surface area (Å²) < 4.78 is 1.93. The predicted molar refractivity (Wildman–Crippen MR) is 109 cm³/mol. The molecule has 0 aliphatic carbocycles. The lowest BCUT2D eigenvalue weighted by atomic mass is 10.1. The van der Waals surface area contributed by atoms with Crippen molar-refractivity contribution >= 4 is 35.9 Å². The second-order valence-electron chi connectivity index (χ2n) is 6.61. The lowest BCUT2D eigenvalue weighted by Crippen LogP contribution is -2.29. The molecule has 1 amide bonds. The number of carbonyl (C=O) groups excluding carboxylic acids is 1. The molecule has 0 radical (unpaired) electrons. The second-order valence-corrected chi connectivity index (χ2v) is 7.02. The summed E-state index contributed by atoms with van der Waals surface area (Å²) in [6, 6.07) is 5.92. The van der Waals surface area contributed by atoms with Crippen LogP contribution in [0.5, 0.6) is 0 Å². The SMILES string of the molecule is CCCN=C1NC(c2ncn3c2CN(C)C(=O)c2c(Cl)cccc2-3)N(C)O1.Cl. The summed E-state index contributed by atoms with van der Waals surface area (Å²) >= 11 is 6.33. The molecule has 2 aliphatic heterocycles. The Kier molecular flexibility index (Phi) is 5.83. The minimum absolute atomic E-state index is 0. The van der Waals surface area contributed by atoms with E-state index in [2.05, 4.69) is 22.2 Å². The summed E-state index contributed by atoms with van der Waals surface area (Å²) in [6.45, 7) is 3.16. The van der Waals surface area contributed by atoms with Crippen molar-refractivity contribution in [3.05, 3.63) is 46.5 Å². The molecule has 1 aromatic heterocycles. The molecule has 0 spiro atoms. The monoisotopic (exact) mass is 424 g/mol. The maximum Gasteiger partial charge on any atom is 0.306 e. The highest BCUT2D eigenvalue weighted by Crippen LogP contribution is 2.33.